The van der Waals surface area contributed by atoms with Crippen LogP contribution in [0.1, 0.15) is 50.2 Å². The number of hydroxylamine groups is 1. The fourth-order valence-corrected chi connectivity index (χ4v) is 5.55. The van der Waals surface area contributed by atoms with E-state index in [4.69, 9.17) is 4.84 Å². The maximum Gasteiger partial charge on any atom is 0.336 e. The van der Waals surface area contributed by atoms with Crippen molar-refractivity contribution in [3.05, 3.63) is 94.5 Å². The minimum atomic E-state index is -1.05. The number of carboxylic acid groups (broad SMARTS) is 1. The van der Waals surface area contributed by atoms with Crippen molar-refractivity contribution in [2.45, 2.75) is 25.8 Å². The summed E-state index contributed by atoms with van der Waals surface area (Å²) in [4.78, 5) is 47.6. The van der Waals surface area contributed by atoms with Crippen molar-refractivity contribution >= 4 is 40.4 Å². The van der Waals surface area contributed by atoms with Gasteiger partial charge in [0.2, 0.25) is 0 Å². The van der Waals surface area contributed by atoms with Crippen LogP contribution in [-0.4, -0.2) is 79.1 Å². The number of amides is 2. The first-order valence-electron chi connectivity index (χ1n) is 14.4. The second-order valence-electron chi connectivity index (χ2n) is 11.1. The lowest BCUT2D eigenvalue weighted by Gasteiger charge is -2.34. The highest BCUT2D eigenvalue weighted by molar-refractivity contribution is 6.37. The minimum Gasteiger partial charge on any atom is -0.478 e. The molecule has 2 heterocycles. The number of nitrogens with zero attached hydrogens (tertiary/aromatic N) is 2. The fraction of sp³-hybridized carbons (Fsp3) is 0.303. The number of carbonyl (C=O) groups excluding carboxylic acids is 2. The van der Waals surface area contributed by atoms with Gasteiger partial charge in [0.25, 0.3) is 11.8 Å². The molecule has 0 aliphatic carbocycles. The first-order chi connectivity index (χ1) is 20.7. The van der Waals surface area contributed by atoms with Gasteiger partial charge in [0, 0.05) is 29.4 Å². The normalized spacial score (nSPS) is 16.5. The Morgan fingerprint density at radius 3 is 2.37 bits per heavy atom. The van der Waals surface area contributed by atoms with Gasteiger partial charge in [-0.15, -0.1) is 0 Å². The van der Waals surface area contributed by atoms with E-state index in [1.807, 2.05) is 30.3 Å². The van der Waals surface area contributed by atoms with E-state index in [-0.39, 0.29) is 17.4 Å². The van der Waals surface area contributed by atoms with Crippen LogP contribution in [0.4, 0.5) is 11.4 Å². The summed E-state index contributed by atoms with van der Waals surface area (Å²) in [6.07, 6.45) is 2.26. The number of piperidine rings is 1. The maximum absolute atomic E-state index is 13.2. The quantitative estimate of drug-likeness (QED) is 0.158. The lowest BCUT2D eigenvalue weighted by Crippen LogP contribution is -2.43. The number of hydrogen-bond acceptors (Lipinski definition) is 7. The molecule has 5 rings (SSSR count). The number of rotatable bonds is 10. The van der Waals surface area contributed by atoms with Crippen LogP contribution < -0.4 is 16.1 Å². The van der Waals surface area contributed by atoms with E-state index in [9.17, 15) is 19.5 Å². The molecule has 3 aromatic carbocycles. The van der Waals surface area contributed by atoms with Gasteiger partial charge in [-0.3, -0.25) is 14.4 Å². The number of carboxylic acids is 1. The molecule has 2 aliphatic heterocycles. The van der Waals surface area contributed by atoms with Gasteiger partial charge in [0.1, 0.15) is 0 Å². The van der Waals surface area contributed by atoms with Crippen LogP contribution in [0.5, 0.6) is 0 Å². The van der Waals surface area contributed by atoms with Gasteiger partial charge in [0.05, 0.1) is 29.1 Å². The molecule has 0 radical (unpaired) electrons. The lowest BCUT2D eigenvalue weighted by molar-refractivity contribution is -0.110. The average molecular weight is 584 g/mol. The predicted octanol–water partition coefficient (Wildman–Crippen LogP) is 4.31. The average Bonchev–Trinajstić information content (AvgIpc) is 3.32. The largest absolute Gasteiger partial charge is 0.478 e. The van der Waals surface area contributed by atoms with Gasteiger partial charge in [-0.25, -0.2) is 10.3 Å². The molecule has 1 saturated heterocycles. The summed E-state index contributed by atoms with van der Waals surface area (Å²) in [6.45, 7) is 4.91. The fourth-order valence-electron chi connectivity index (χ4n) is 5.55. The molecule has 224 valence electrons. The number of hydrogen-bond donors (Lipinski definition) is 4. The number of likely N-dealkylation sites (tertiary alicyclic amines) is 1. The molecule has 2 aliphatic rings. The Hall–Kier alpha value is -4.51. The van der Waals surface area contributed by atoms with Gasteiger partial charge in [-0.2, -0.15) is 0 Å². The number of nitrogens with one attached hydrogen (secondary N) is 3. The number of benzene rings is 3. The summed E-state index contributed by atoms with van der Waals surface area (Å²) >= 11 is 0. The smallest absolute Gasteiger partial charge is 0.336 e. The number of aryl methyl sites for hydroxylation is 1. The van der Waals surface area contributed by atoms with Crippen LogP contribution >= 0.6 is 0 Å². The van der Waals surface area contributed by atoms with E-state index in [1.165, 1.54) is 6.07 Å². The summed E-state index contributed by atoms with van der Waals surface area (Å²) in [6, 6.07) is 20.2. The molecule has 4 N–H and O–H groups in total. The third-order valence-corrected chi connectivity index (χ3v) is 8.03. The van der Waals surface area contributed by atoms with Gasteiger partial charge >= 0.3 is 5.97 Å². The monoisotopic (exact) mass is 583 g/mol. The predicted molar refractivity (Wildman–Crippen MR) is 167 cm³/mol. The third-order valence-electron chi connectivity index (χ3n) is 8.03. The van der Waals surface area contributed by atoms with Gasteiger partial charge in [0.15, 0.2) is 0 Å². The number of carbonyl (C=O) groups is 3. The van der Waals surface area contributed by atoms with Gasteiger partial charge in [-0.1, -0.05) is 30.3 Å². The van der Waals surface area contributed by atoms with E-state index >= 15 is 0 Å². The minimum absolute atomic E-state index is 0.136. The summed E-state index contributed by atoms with van der Waals surface area (Å²) in [7, 11) is 4.24. The molecule has 0 unspecified atom stereocenters. The van der Waals surface area contributed by atoms with E-state index < -0.39 is 5.97 Å². The first-order valence-corrected chi connectivity index (χ1v) is 14.4. The van der Waals surface area contributed by atoms with Crippen LogP contribution in [0.2, 0.25) is 0 Å². The molecule has 0 atom stereocenters. The summed E-state index contributed by atoms with van der Waals surface area (Å²) < 4.78 is 0. The molecule has 1 fully saturated rings. The number of fused-ring (bicyclic) bond motifs is 1. The summed E-state index contributed by atoms with van der Waals surface area (Å²) in [5, 5.41) is 15.7. The van der Waals surface area contributed by atoms with Gasteiger partial charge < -0.3 is 25.5 Å². The molecule has 10 nitrogen and oxygen atoms in total. The number of aromatic carboxylic acids is 1. The molecule has 3 aromatic rings. The Morgan fingerprint density at radius 2 is 1.72 bits per heavy atom. The van der Waals surface area contributed by atoms with Crippen molar-refractivity contribution in [3.8, 4) is 0 Å². The molecular formula is C33H37N5O5. The maximum atomic E-state index is 13.2. The lowest BCUT2D eigenvalue weighted by atomic mass is 9.96. The van der Waals surface area contributed by atoms with Crippen molar-refractivity contribution in [1.29, 1.82) is 0 Å². The Labute approximate surface area is 251 Å². The highest BCUT2D eigenvalue weighted by Gasteiger charge is 2.30. The summed E-state index contributed by atoms with van der Waals surface area (Å²) in [5.41, 5.74) is 7.15. The van der Waals surface area contributed by atoms with Crippen LogP contribution in [0.25, 0.3) is 11.3 Å². The zero-order valence-electron chi connectivity index (χ0n) is 24.6. The number of anilines is 2. The Bertz CT molecular complexity index is 1530. The molecule has 0 bridgehead atoms. The molecule has 0 aromatic heterocycles. The van der Waals surface area contributed by atoms with Crippen molar-refractivity contribution in [1.82, 2.24) is 15.3 Å². The Kier molecular flexibility index (Phi) is 9.20. The first kappa shape index (κ1) is 30.0. The Balaban J connectivity index is 1.27. The van der Waals surface area contributed by atoms with E-state index in [0.717, 1.165) is 38.0 Å². The Morgan fingerprint density at radius 1 is 1.02 bits per heavy atom. The topological polar surface area (TPSA) is 123 Å². The van der Waals surface area contributed by atoms with E-state index in [1.54, 1.807) is 37.3 Å². The van der Waals surface area contributed by atoms with Gasteiger partial charge in [-0.05, 0) is 94.5 Å². The van der Waals surface area contributed by atoms with Crippen molar-refractivity contribution in [2.24, 2.45) is 0 Å². The molecular weight excluding hydrogens is 546 g/mol. The van der Waals surface area contributed by atoms with Crippen LogP contribution in [0, 0.1) is 6.92 Å². The van der Waals surface area contributed by atoms with Crippen LogP contribution in [0.15, 0.2) is 66.7 Å². The van der Waals surface area contributed by atoms with E-state index in [2.05, 4.69) is 40.0 Å². The molecule has 43 heavy (non-hydrogen) atoms. The highest BCUT2D eigenvalue weighted by atomic mass is 16.7. The van der Waals surface area contributed by atoms with Crippen molar-refractivity contribution in [2.75, 3.05) is 51.0 Å². The second-order valence-corrected chi connectivity index (χ2v) is 11.1. The van der Waals surface area contributed by atoms with Crippen molar-refractivity contribution < 1.29 is 24.3 Å². The molecule has 10 heteroatoms. The molecule has 0 saturated carbocycles. The third kappa shape index (κ3) is 6.94. The van der Waals surface area contributed by atoms with Crippen LogP contribution in [-0.2, 0) is 9.63 Å². The van der Waals surface area contributed by atoms with Crippen LogP contribution in [0.3, 0.4) is 0 Å². The highest BCUT2D eigenvalue weighted by Crippen LogP contribution is 2.39. The van der Waals surface area contributed by atoms with Crippen molar-refractivity contribution in [3.63, 3.8) is 0 Å². The zero-order chi connectivity index (χ0) is 30.5. The SMILES string of the molecule is Cc1cc2c(cc1C(=O)O)NC(=O)/C2=C(/Nc1ccc(C(=O)NOCCN2CCC(N(C)C)CC2)cc1)c1ccccc1. The summed E-state index contributed by atoms with van der Waals surface area (Å²) in [5.74, 6) is -1.73. The second kappa shape index (κ2) is 13.2. The molecule has 0 spiro atoms. The zero-order valence-corrected chi connectivity index (χ0v) is 24.6. The molecule has 2 amide bonds. The van der Waals surface area contributed by atoms with E-state index in [0.29, 0.717) is 52.0 Å². The standard InChI is InChI=1S/C33H37N5O5/c1-21-19-27-28(20-26(21)33(41)42)35-32(40)29(27)30(22-7-5-4-6-8-22)34-24-11-9-23(10-12-24)31(39)36-43-18-17-38-15-13-25(14-16-38)37(2)3/h4-12,19-20,25,34H,13-18H2,1-3H3,(H,35,40)(H,36,39)(H,41,42)/b30-29+.